The molecule has 0 bridgehead atoms. The molecule has 1 aliphatic heterocycles. The van der Waals surface area contributed by atoms with Gasteiger partial charge in [-0.15, -0.1) is 0 Å². The van der Waals surface area contributed by atoms with Gasteiger partial charge in [0.15, 0.2) is 5.13 Å². The van der Waals surface area contributed by atoms with E-state index in [2.05, 4.69) is 15.2 Å². The predicted octanol–water partition coefficient (Wildman–Crippen LogP) is 1.47. The third-order valence-electron chi connectivity index (χ3n) is 4.50. The summed E-state index contributed by atoms with van der Waals surface area (Å²) in [6, 6.07) is 0.742. The number of nitrogen functional groups attached to an aromatic ring is 1. The van der Waals surface area contributed by atoms with E-state index in [1.807, 2.05) is 4.90 Å². The van der Waals surface area contributed by atoms with Crippen LogP contribution in [-0.2, 0) is 0 Å². The minimum Gasteiger partial charge on any atom is -0.382 e. The average Bonchev–Trinajstić information content (AvgIpc) is 3.16. The average molecular weight is 309 g/mol. The standard InChI is InChI=1S/C14H23N5OS/c1-16-14-17-12(15)11(21-14)13(20)19-8-6-18(7-9-19)10-4-2-3-5-10/h10H,2-9,15H2,1H3,(H,16,17). The zero-order chi connectivity index (χ0) is 14.8. The van der Waals surface area contributed by atoms with Crippen LogP contribution in [0.2, 0.25) is 0 Å². The molecule has 0 atom stereocenters. The van der Waals surface area contributed by atoms with E-state index < -0.39 is 0 Å². The lowest BCUT2D eigenvalue weighted by Crippen LogP contribution is -2.51. The highest BCUT2D eigenvalue weighted by Crippen LogP contribution is 2.28. The van der Waals surface area contributed by atoms with Crippen molar-refractivity contribution in [3.8, 4) is 0 Å². The Balaban J connectivity index is 1.60. The number of rotatable bonds is 3. The molecule has 1 amide bonds. The van der Waals surface area contributed by atoms with E-state index >= 15 is 0 Å². The molecule has 3 N–H and O–H groups in total. The number of carbonyl (C=O) groups is 1. The lowest BCUT2D eigenvalue weighted by Gasteiger charge is -2.37. The van der Waals surface area contributed by atoms with Crippen molar-refractivity contribution < 1.29 is 4.79 Å². The fourth-order valence-corrected chi connectivity index (χ4v) is 4.10. The van der Waals surface area contributed by atoms with Gasteiger partial charge in [0.1, 0.15) is 10.7 Å². The summed E-state index contributed by atoms with van der Waals surface area (Å²) in [5.74, 6) is 0.366. The number of hydrogen-bond acceptors (Lipinski definition) is 6. The molecule has 116 valence electrons. The molecular formula is C14H23N5OS. The van der Waals surface area contributed by atoms with Gasteiger partial charge in [0, 0.05) is 39.3 Å². The second-order valence-corrected chi connectivity index (χ2v) is 6.75. The summed E-state index contributed by atoms with van der Waals surface area (Å²) in [4.78, 5) is 21.7. The summed E-state index contributed by atoms with van der Waals surface area (Å²) < 4.78 is 0. The molecule has 1 saturated carbocycles. The predicted molar refractivity (Wildman–Crippen MR) is 85.8 cm³/mol. The van der Waals surface area contributed by atoms with Gasteiger partial charge in [0.05, 0.1) is 0 Å². The van der Waals surface area contributed by atoms with Crippen molar-refractivity contribution in [3.63, 3.8) is 0 Å². The highest BCUT2D eigenvalue weighted by atomic mass is 32.1. The molecule has 2 heterocycles. The summed E-state index contributed by atoms with van der Waals surface area (Å²) in [5.41, 5.74) is 5.85. The van der Waals surface area contributed by atoms with Crippen LogP contribution in [0.25, 0.3) is 0 Å². The maximum Gasteiger partial charge on any atom is 0.267 e. The molecule has 1 saturated heterocycles. The number of nitrogens with zero attached hydrogens (tertiary/aromatic N) is 3. The maximum absolute atomic E-state index is 12.5. The third kappa shape index (κ3) is 2.98. The minimum atomic E-state index is 0.0255. The minimum absolute atomic E-state index is 0.0255. The first-order valence-corrected chi connectivity index (χ1v) is 8.48. The van der Waals surface area contributed by atoms with Crippen molar-refractivity contribution >= 4 is 28.2 Å². The Morgan fingerprint density at radius 2 is 1.95 bits per heavy atom. The number of nitrogens with two attached hydrogens (primary N) is 1. The summed E-state index contributed by atoms with van der Waals surface area (Å²) in [6.45, 7) is 3.55. The van der Waals surface area contributed by atoms with E-state index in [9.17, 15) is 4.79 Å². The fraction of sp³-hybridized carbons (Fsp3) is 0.714. The van der Waals surface area contributed by atoms with Crippen molar-refractivity contribution in [1.82, 2.24) is 14.8 Å². The number of nitrogens with one attached hydrogen (secondary N) is 1. The zero-order valence-electron chi connectivity index (χ0n) is 12.5. The van der Waals surface area contributed by atoms with E-state index in [1.54, 1.807) is 7.05 Å². The number of carbonyl (C=O) groups excluding carboxylic acids is 1. The number of hydrogen-bond donors (Lipinski definition) is 2. The van der Waals surface area contributed by atoms with Crippen LogP contribution in [0.4, 0.5) is 10.9 Å². The SMILES string of the molecule is CNc1nc(N)c(C(=O)N2CCN(C3CCCC3)CC2)s1. The van der Waals surface area contributed by atoms with Crippen LogP contribution in [0.5, 0.6) is 0 Å². The largest absolute Gasteiger partial charge is 0.382 e. The van der Waals surface area contributed by atoms with Crippen LogP contribution in [0.3, 0.4) is 0 Å². The first kappa shape index (κ1) is 14.6. The summed E-state index contributed by atoms with van der Waals surface area (Å²) in [7, 11) is 1.78. The van der Waals surface area contributed by atoms with Crippen LogP contribution in [0.15, 0.2) is 0 Å². The smallest absolute Gasteiger partial charge is 0.267 e. The van der Waals surface area contributed by atoms with Crippen LogP contribution >= 0.6 is 11.3 Å². The van der Waals surface area contributed by atoms with Gasteiger partial charge in [-0.1, -0.05) is 24.2 Å². The number of amides is 1. The van der Waals surface area contributed by atoms with Gasteiger partial charge in [0.25, 0.3) is 5.91 Å². The molecule has 3 rings (SSSR count). The van der Waals surface area contributed by atoms with E-state index in [4.69, 9.17) is 5.73 Å². The second kappa shape index (κ2) is 6.19. The summed E-state index contributed by atoms with van der Waals surface area (Å²) in [6.07, 6.45) is 5.35. The lowest BCUT2D eigenvalue weighted by atomic mass is 10.2. The van der Waals surface area contributed by atoms with Gasteiger partial charge >= 0.3 is 0 Å². The number of aromatic nitrogens is 1. The Labute approximate surface area is 129 Å². The van der Waals surface area contributed by atoms with Gasteiger partial charge in [0.2, 0.25) is 0 Å². The lowest BCUT2D eigenvalue weighted by molar-refractivity contribution is 0.0578. The molecule has 0 radical (unpaired) electrons. The van der Waals surface area contributed by atoms with Gasteiger partial charge < -0.3 is 16.0 Å². The molecule has 0 unspecified atom stereocenters. The number of anilines is 2. The molecule has 1 aromatic rings. The van der Waals surface area contributed by atoms with Gasteiger partial charge in [-0.05, 0) is 12.8 Å². The highest BCUT2D eigenvalue weighted by Gasteiger charge is 2.29. The highest BCUT2D eigenvalue weighted by molar-refractivity contribution is 7.18. The molecule has 2 aliphatic rings. The zero-order valence-corrected chi connectivity index (χ0v) is 13.3. The topological polar surface area (TPSA) is 74.5 Å². The molecular weight excluding hydrogens is 286 g/mol. The van der Waals surface area contributed by atoms with Crippen LogP contribution in [0, 0.1) is 0 Å². The van der Waals surface area contributed by atoms with Crippen molar-refractivity contribution in [2.24, 2.45) is 0 Å². The van der Waals surface area contributed by atoms with Crippen LogP contribution in [-0.4, -0.2) is 60.0 Å². The maximum atomic E-state index is 12.5. The van der Waals surface area contributed by atoms with Crippen LogP contribution < -0.4 is 11.1 Å². The molecule has 1 aliphatic carbocycles. The van der Waals surface area contributed by atoms with E-state index in [1.165, 1.54) is 37.0 Å². The molecule has 21 heavy (non-hydrogen) atoms. The molecule has 0 spiro atoms. The van der Waals surface area contributed by atoms with Gasteiger partial charge in [-0.2, -0.15) is 0 Å². The quantitative estimate of drug-likeness (QED) is 0.884. The Morgan fingerprint density at radius 3 is 2.52 bits per heavy atom. The summed E-state index contributed by atoms with van der Waals surface area (Å²) in [5, 5.41) is 3.63. The first-order valence-electron chi connectivity index (χ1n) is 7.66. The van der Waals surface area contributed by atoms with Crippen molar-refractivity contribution in [2.45, 2.75) is 31.7 Å². The molecule has 7 heteroatoms. The molecule has 0 aromatic carbocycles. The Bertz CT molecular complexity index is 503. The number of piperazine rings is 1. The Kier molecular flexibility index (Phi) is 4.30. The molecule has 2 fully saturated rings. The Morgan fingerprint density at radius 1 is 1.29 bits per heavy atom. The van der Waals surface area contributed by atoms with E-state index in [0.29, 0.717) is 15.8 Å². The summed E-state index contributed by atoms with van der Waals surface area (Å²) >= 11 is 1.34. The van der Waals surface area contributed by atoms with E-state index in [-0.39, 0.29) is 5.91 Å². The van der Waals surface area contributed by atoms with Crippen LogP contribution in [0.1, 0.15) is 35.4 Å². The second-order valence-electron chi connectivity index (χ2n) is 5.75. The van der Waals surface area contributed by atoms with Gasteiger partial charge in [-0.25, -0.2) is 4.98 Å². The normalized spacial score (nSPS) is 20.9. The molecule has 1 aromatic heterocycles. The Hall–Kier alpha value is -1.34. The monoisotopic (exact) mass is 309 g/mol. The van der Waals surface area contributed by atoms with E-state index in [0.717, 1.165) is 32.2 Å². The van der Waals surface area contributed by atoms with Gasteiger partial charge in [-0.3, -0.25) is 9.69 Å². The first-order chi connectivity index (χ1) is 10.2. The molecule has 6 nitrogen and oxygen atoms in total. The van der Waals surface area contributed by atoms with Crippen molar-refractivity contribution in [2.75, 3.05) is 44.3 Å². The fourth-order valence-electron chi connectivity index (χ4n) is 3.30. The van der Waals surface area contributed by atoms with Crippen molar-refractivity contribution in [3.05, 3.63) is 4.88 Å². The van der Waals surface area contributed by atoms with Crippen molar-refractivity contribution in [1.29, 1.82) is 0 Å². The third-order valence-corrected chi connectivity index (χ3v) is 5.58. The number of thiazole rings is 1.